The van der Waals surface area contributed by atoms with E-state index in [4.69, 9.17) is 0 Å². The molecule has 0 radical (unpaired) electrons. The zero-order valence-corrected chi connectivity index (χ0v) is 17.1. The lowest BCUT2D eigenvalue weighted by Crippen LogP contribution is -2.28. The quantitative estimate of drug-likeness (QED) is 0.497. The molecule has 0 N–H and O–H groups in total. The average molecular weight is 365 g/mol. The average Bonchev–Trinajstić information content (AvgIpc) is 2.63. The summed E-state index contributed by atoms with van der Waals surface area (Å²) in [6, 6.07) is 9.20. The van der Waals surface area contributed by atoms with E-state index in [-0.39, 0.29) is 0 Å². The summed E-state index contributed by atoms with van der Waals surface area (Å²) in [4.78, 5) is 0. The topological polar surface area (TPSA) is 0 Å². The molecule has 2 aliphatic rings. The van der Waals surface area contributed by atoms with E-state index in [0.717, 1.165) is 36.2 Å². The second-order valence-corrected chi connectivity index (χ2v) is 12.5. The van der Waals surface area contributed by atoms with Crippen molar-refractivity contribution in [2.75, 3.05) is 0 Å². The number of rotatable bonds is 5. The van der Waals surface area contributed by atoms with Crippen molar-refractivity contribution < 1.29 is 8.78 Å². The van der Waals surface area contributed by atoms with E-state index in [1.54, 1.807) is 24.2 Å². The van der Waals surface area contributed by atoms with Crippen LogP contribution in [0.2, 0.25) is 18.1 Å². The third kappa shape index (κ3) is 5.15. The molecule has 0 aromatic heterocycles. The number of hydrogen-bond acceptors (Lipinski definition) is 0. The molecule has 0 nitrogen and oxygen atoms in total. The van der Waals surface area contributed by atoms with Gasteiger partial charge in [0, 0.05) is 8.80 Å². The number of hydrogen-bond donors (Lipinski definition) is 0. The maximum Gasteiger partial charge on any atom is 0.159 e. The molecule has 3 rings (SSSR count). The second kappa shape index (κ2) is 8.79. The van der Waals surface area contributed by atoms with Crippen LogP contribution in [0.5, 0.6) is 0 Å². The fourth-order valence-corrected chi connectivity index (χ4v) is 9.01. The lowest BCUT2D eigenvalue weighted by Gasteiger charge is -2.38. The van der Waals surface area contributed by atoms with Crippen LogP contribution in [0.4, 0.5) is 8.78 Å². The molecule has 1 aliphatic heterocycles. The Bertz CT molecular complexity index is 541. The van der Waals surface area contributed by atoms with Crippen molar-refractivity contribution in [3.8, 4) is 0 Å². The Morgan fingerprint density at radius 2 is 1.56 bits per heavy atom. The highest BCUT2D eigenvalue weighted by Crippen LogP contribution is 2.43. The monoisotopic (exact) mass is 364 g/mol. The van der Waals surface area contributed by atoms with Crippen molar-refractivity contribution in [1.82, 2.24) is 0 Å². The Balaban J connectivity index is 1.44. The summed E-state index contributed by atoms with van der Waals surface area (Å²) in [5.74, 6) is 1.73. The van der Waals surface area contributed by atoms with Gasteiger partial charge >= 0.3 is 0 Å². The Labute approximate surface area is 154 Å². The summed E-state index contributed by atoms with van der Waals surface area (Å²) in [5.41, 5.74) is 1.00. The first kappa shape index (κ1) is 19.1. The molecule has 1 aromatic rings. The van der Waals surface area contributed by atoms with Crippen LogP contribution in [0, 0.1) is 29.4 Å². The maximum atomic E-state index is 13.5. The van der Waals surface area contributed by atoms with Gasteiger partial charge in [0.2, 0.25) is 0 Å². The van der Waals surface area contributed by atoms with Crippen LogP contribution >= 0.6 is 0 Å². The minimum Gasteiger partial charge on any atom is -0.204 e. The molecule has 0 amide bonds. The van der Waals surface area contributed by atoms with Crippen molar-refractivity contribution in [1.29, 1.82) is 0 Å². The molecule has 2 fully saturated rings. The minimum atomic E-state index is -0.726. The molecule has 1 aliphatic carbocycles. The molecular weight excluding hydrogens is 330 g/mol. The second-order valence-electron chi connectivity index (χ2n) is 9.04. The smallest absolute Gasteiger partial charge is 0.159 e. The first-order chi connectivity index (χ1) is 12.0. The summed E-state index contributed by atoms with van der Waals surface area (Å²) in [6.45, 7) is 4.71. The molecule has 1 saturated carbocycles. The largest absolute Gasteiger partial charge is 0.204 e. The third-order valence-electron chi connectivity index (χ3n) is 6.90. The van der Waals surface area contributed by atoms with Gasteiger partial charge in [0.1, 0.15) is 0 Å². The zero-order chi connectivity index (χ0) is 17.8. The summed E-state index contributed by atoms with van der Waals surface area (Å²) < 4.78 is 26.6. The molecule has 25 heavy (non-hydrogen) atoms. The van der Waals surface area contributed by atoms with Crippen LogP contribution < -0.4 is 0 Å². The SMILES string of the molecule is CC(C)CC[Si@H]1CC[C@H]([C@H]2CC[C@H](c3ccc(F)c(F)c3)CC2)CC1. The van der Waals surface area contributed by atoms with Gasteiger partial charge in [-0.05, 0) is 67.1 Å². The number of halogens is 2. The Morgan fingerprint density at radius 1 is 0.920 bits per heavy atom. The van der Waals surface area contributed by atoms with Crippen molar-refractivity contribution in [3.05, 3.63) is 35.4 Å². The zero-order valence-electron chi connectivity index (χ0n) is 15.9. The standard InChI is InChI=1S/C22H34F2Si/c1-16(2)9-12-25-13-10-19(11-14-25)17-3-5-18(6-4-17)20-7-8-21(23)22(24)15-20/h7-8,15-19,25H,3-6,9-14H2,1-2H3/t17-,18-,19-,25-. The van der Waals surface area contributed by atoms with Gasteiger partial charge in [-0.25, -0.2) is 8.78 Å². The fraction of sp³-hybridized carbons (Fsp3) is 0.727. The predicted molar refractivity (Wildman–Crippen MR) is 105 cm³/mol. The summed E-state index contributed by atoms with van der Waals surface area (Å²) in [6.07, 6.45) is 9.28. The van der Waals surface area contributed by atoms with Crippen LogP contribution in [0.25, 0.3) is 0 Å². The highest BCUT2D eigenvalue weighted by molar-refractivity contribution is 6.58. The van der Waals surface area contributed by atoms with Gasteiger partial charge in [0.15, 0.2) is 11.6 Å². The molecule has 140 valence electrons. The van der Waals surface area contributed by atoms with Crippen molar-refractivity contribution >= 4 is 8.80 Å². The van der Waals surface area contributed by atoms with Gasteiger partial charge in [-0.1, -0.05) is 57.3 Å². The molecule has 0 spiro atoms. The van der Waals surface area contributed by atoms with Gasteiger partial charge in [-0.3, -0.25) is 0 Å². The van der Waals surface area contributed by atoms with Gasteiger partial charge in [-0.2, -0.15) is 0 Å². The van der Waals surface area contributed by atoms with E-state index in [1.165, 1.54) is 44.2 Å². The highest BCUT2D eigenvalue weighted by atomic mass is 28.3. The summed E-state index contributed by atoms with van der Waals surface area (Å²) in [5, 5.41) is 0. The van der Waals surface area contributed by atoms with Gasteiger partial charge in [0.05, 0.1) is 0 Å². The third-order valence-corrected chi connectivity index (χ3v) is 10.3. The molecule has 3 heteroatoms. The van der Waals surface area contributed by atoms with Crippen LogP contribution in [0.3, 0.4) is 0 Å². The van der Waals surface area contributed by atoms with Crippen molar-refractivity contribution in [2.24, 2.45) is 17.8 Å². The maximum absolute atomic E-state index is 13.5. The number of benzene rings is 1. The summed E-state index contributed by atoms with van der Waals surface area (Å²) in [7, 11) is -0.424. The van der Waals surface area contributed by atoms with Crippen LogP contribution in [-0.4, -0.2) is 8.80 Å². The molecule has 0 unspecified atom stereocenters. The molecule has 0 bridgehead atoms. The van der Waals surface area contributed by atoms with Gasteiger partial charge in [0.25, 0.3) is 0 Å². The minimum absolute atomic E-state index is 0.424. The highest BCUT2D eigenvalue weighted by Gasteiger charge is 2.31. The van der Waals surface area contributed by atoms with E-state index < -0.39 is 20.4 Å². The van der Waals surface area contributed by atoms with E-state index in [2.05, 4.69) is 13.8 Å². The van der Waals surface area contributed by atoms with Crippen LogP contribution in [0.1, 0.15) is 70.3 Å². The Hall–Kier alpha value is -0.703. The Kier molecular flexibility index (Phi) is 6.71. The Morgan fingerprint density at radius 3 is 2.16 bits per heavy atom. The van der Waals surface area contributed by atoms with Gasteiger partial charge < -0.3 is 0 Å². The van der Waals surface area contributed by atoms with Gasteiger partial charge in [-0.15, -0.1) is 0 Å². The van der Waals surface area contributed by atoms with E-state index in [9.17, 15) is 8.78 Å². The van der Waals surface area contributed by atoms with Crippen molar-refractivity contribution in [3.63, 3.8) is 0 Å². The predicted octanol–water partition coefficient (Wildman–Crippen LogP) is 6.92. The molecule has 1 heterocycles. The molecule has 1 saturated heterocycles. The van der Waals surface area contributed by atoms with E-state index in [0.29, 0.717) is 5.92 Å². The molecule has 1 aromatic carbocycles. The first-order valence-electron chi connectivity index (χ1n) is 10.5. The first-order valence-corrected chi connectivity index (χ1v) is 12.9. The fourth-order valence-electron chi connectivity index (χ4n) is 5.21. The molecule has 0 atom stereocenters. The van der Waals surface area contributed by atoms with Crippen LogP contribution in [-0.2, 0) is 0 Å². The van der Waals surface area contributed by atoms with Crippen LogP contribution in [0.15, 0.2) is 18.2 Å². The van der Waals surface area contributed by atoms with Crippen molar-refractivity contribution in [2.45, 2.75) is 82.8 Å². The normalized spacial score (nSPS) is 30.6. The molecular formula is C22H34F2Si. The summed E-state index contributed by atoms with van der Waals surface area (Å²) >= 11 is 0. The van der Waals surface area contributed by atoms with E-state index >= 15 is 0 Å². The lowest BCUT2D eigenvalue weighted by molar-refractivity contribution is 0.216. The lowest BCUT2D eigenvalue weighted by atomic mass is 9.72. The van der Waals surface area contributed by atoms with E-state index in [1.807, 2.05) is 0 Å².